The monoisotopic (exact) mass is 483 g/mol. The molecular formula is C26H33N3O6. The van der Waals surface area contributed by atoms with Crippen molar-refractivity contribution in [2.45, 2.75) is 24.8 Å². The van der Waals surface area contributed by atoms with E-state index in [1.54, 1.807) is 32.4 Å². The van der Waals surface area contributed by atoms with E-state index in [1.807, 2.05) is 30.3 Å². The number of hydrazine groups is 1. The van der Waals surface area contributed by atoms with Crippen LogP contribution in [0.4, 0.5) is 0 Å². The van der Waals surface area contributed by atoms with Gasteiger partial charge >= 0.3 is 0 Å². The number of amides is 1. The molecule has 0 radical (unpaired) electrons. The van der Waals surface area contributed by atoms with Gasteiger partial charge in [-0.25, -0.2) is 10.4 Å². The van der Waals surface area contributed by atoms with Gasteiger partial charge in [0.1, 0.15) is 23.9 Å². The Morgan fingerprint density at radius 2 is 1.97 bits per heavy atom. The predicted molar refractivity (Wildman–Crippen MR) is 133 cm³/mol. The van der Waals surface area contributed by atoms with E-state index >= 15 is 0 Å². The summed E-state index contributed by atoms with van der Waals surface area (Å²) in [4.78, 5) is 17.7. The molecule has 0 aromatic heterocycles. The second-order valence-electron chi connectivity index (χ2n) is 7.99. The number of ether oxygens (including phenoxy) is 4. The van der Waals surface area contributed by atoms with Crippen molar-refractivity contribution < 1.29 is 28.8 Å². The summed E-state index contributed by atoms with van der Waals surface area (Å²) in [6.07, 6.45) is 3.18. The van der Waals surface area contributed by atoms with Crippen molar-refractivity contribution in [3.05, 3.63) is 66.2 Å². The van der Waals surface area contributed by atoms with Gasteiger partial charge in [0.2, 0.25) is 5.90 Å². The molecule has 0 unspecified atom stereocenters. The molecule has 1 aliphatic heterocycles. The maximum atomic E-state index is 13.1. The fourth-order valence-electron chi connectivity index (χ4n) is 3.63. The van der Waals surface area contributed by atoms with Crippen LogP contribution in [0.5, 0.6) is 17.2 Å². The summed E-state index contributed by atoms with van der Waals surface area (Å²) in [7, 11) is 3.23. The van der Waals surface area contributed by atoms with Crippen LogP contribution in [0, 0.1) is 0 Å². The fraction of sp³-hybridized carbons (Fsp3) is 0.385. The first kappa shape index (κ1) is 26.1. The molecule has 0 spiro atoms. The molecule has 1 aliphatic rings. The Balaban J connectivity index is 1.60. The minimum atomic E-state index is -1.10. The highest BCUT2D eigenvalue weighted by molar-refractivity contribution is 6.00. The minimum Gasteiger partial charge on any atom is -0.497 e. The van der Waals surface area contributed by atoms with Crippen molar-refractivity contribution in [3.8, 4) is 17.2 Å². The first-order valence-electron chi connectivity index (χ1n) is 11.5. The molecule has 1 atom stereocenters. The number of nitrogens with one attached hydrogen (secondary N) is 2. The molecule has 3 N–H and O–H groups in total. The molecule has 9 heteroatoms. The zero-order valence-corrected chi connectivity index (χ0v) is 20.2. The van der Waals surface area contributed by atoms with Crippen LogP contribution in [0.15, 0.2) is 60.1 Å². The molecule has 1 heterocycles. The molecule has 2 aromatic rings. The van der Waals surface area contributed by atoms with Gasteiger partial charge in [0.05, 0.1) is 20.8 Å². The Morgan fingerprint density at radius 3 is 2.66 bits per heavy atom. The van der Waals surface area contributed by atoms with Crippen molar-refractivity contribution in [1.82, 2.24) is 10.9 Å². The summed E-state index contributed by atoms with van der Waals surface area (Å²) in [5.41, 5.74) is 6.34. The van der Waals surface area contributed by atoms with Crippen LogP contribution in [-0.4, -0.2) is 63.0 Å². The van der Waals surface area contributed by atoms with Crippen LogP contribution in [0.2, 0.25) is 0 Å². The number of hydrogen-bond acceptors (Lipinski definition) is 8. The third kappa shape index (κ3) is 6.74. The maximum absolute atomic E-state index is 13.1. The van der Waals surface area contributed by atoms with Crippen LogP contribution >= 0.6 is 0 Å². The van der Waals surface area contributed by atoms with Crippen LogP contribution in [0.25, 0.3) is 0 Å². The Bertz CT molecular complexity index is 1020. The van der Waals surface area contributed by atoms with Gasteiger partial charge in [-0.2, -0.15) is 0 Å². The Labute approximate surface area is 205 Å². The van der Waals surface area contributed by atoms with E-state index in [0.29, 0.717) is 44.1 Å². The summed E-state index contributed by atoms with van der Waals surface area (Å²) < 4.78 is 22.0. The second-order valence-corrected chi connectivity index (χ2v) is 7.99. The molecule has 3 rings (SSSR count). The largest absolute Gasteiger partial charge is 0.497 e. The molecule has 0 bridgehead atoms. The Hall–Kier alpha value is -3.56. The Kier molecular flexibility index (Phi) is 9.51. The lowest BCUT2D eigenvalue weighted by Crippen LogP contribution is -2.51. The van der Waals surface area contributed by atoms with Gasteiger partial charge in [-0.15, -0.1) is 6.58 Å². The van der Waals surface area contributed by atoms with Crippen LogP contribution in [0.1, 0.15) is 24.0 Å². The molecule has 0 aliphatic carbocycles. The summed E-state index contributed by atoms with van der Waals surface area (Å²) in [5.74, 6) is 2.28. The second kappa shape index (κ2) is 12.8. The fourth-order valence-corrected chi connectivity index (χ4v) is 3.63. The molecule has 35 heavy (non-hydrogen) atoms. The Morgan fingerprint density at radius 1 is 1.20 bits per heavy atom. The van der Waals surface area contributed by atoms with Gasteiger partial charge in [-0.1, -0.05) is 6.08 Å². The lowest BCUT2D eigenvalue weighted by molar-refractivity contribution is -0.127. The number of nitrogens with zero attached hydrogens (tertiary/aromatic N) is 1. The quantitative estimate of drug-likeness (QED) is 0.215. The van der Waals surface area contributed by atoms with Crippen molar-refractivity contribution in [2.75, 3.05) is 40.6 Å². The van der Waals surface area contributed by atoms with E-state index in [0.717, 1.165) is 22.6 Å². The van der Waals surface area contributed by atoms with E-state index in [-0.39, 0.29) is 19.1 Å². The topological polar surface area (TPSA) is 111 Å². The predicted octanol–water partition coefficient (Wildman–Crippen LogP) is 2.42. The van der Waals surface area contributed by atoms with Crippen LogP contribution in [0.3, 0.4) is 0 Å². The highest BCUT2D eigenvalue weighted by Crippen LogP contribution is 2.27. The number of carbonyl (C=O) groups excluding carboxylic acids is 1. The molecular weight excluding hydrogens is 450 g/mol. The molecule has 2 aromatic carbocycles. The smallest absolute Gasteiger partial charge is 0.266 e. The zero-order chi connectivity index (χ0) is 25.1. The van der Waals surface area contributed by atoms with Crippen molar-refractivity contribution in [1.29, 1.82) is 0 Å². The van der Waals surface area contributed by atoms with Crippen molar-refractivity contribution >= 4 is 11.8 Å². The number of carbonyl (C=O) groups is 1. The zero-order valence-electron chi connectivity index (χ0n) is 20.2. The number of aliphatic hydroxyl groups excluding tert-OH is 1. The average Bonchev–Trinajstić information content (AvgIpc) is 3.32. The summed E-state index contributed by atoms with van der Waals surface area (Å²) >= 11 is 0. The maximum Gasteiger partial charge on any atom is 0.266 e. The standard InChI is InChI=1S/C26H33N3O6/c1-4-13-26(18-35-24(28-26)19-6-8-21(9-7-19)34-16-5-15-30)25(31)29-27-14-12-20-17-22(32-2)10-11-23(20)33-3/h4,6-11,17,27,30H,1,5,12-16,18H2,2-3H3,(H,29,31)/t26-/m0/s1. The molecule has 9 nitrogen and oxygen atoms in total. The van der Waals surface area contributed by atoms with Crippen LogP contribution < -0.4 is 25.1 Å². The van der Waals surface area contributed by atoms with Gasteiger partial charge in [0.15, 0.2) is 5.54 Å². The molecule has 1 amide bonds. The van der Waals surface area contributed by atoms with Gasteiger partial charge in [0, 0.05) is 31.6 Å². The third-order valence-corrected chi connectivity index (χ3v) is 5.55. The van der Waals surface area contributed by atoms with E-state index < -0.39 is 5.54 Å². The molecule has 188 valence electrons. The third-order valence-electron chi connectivity index (χ3n) is 5.55. The number of rotatable bonds is 14. The highest BCUT2D eigenvalue weighted by Gasteiger charge is 2.43. The summed E-state index contributed by atoms with van der Waals surface area (Å²) in [6, 6.07) is 12.9. The van der Waals surface area contributed by atoms with Crippen molar-refractivity contribution in [2.24, 2.45) is 4.99 Å². The first-order chi connectivity index (χ1) is 17.0. The van der Waals surface area contributed by atoms with E-state index in [9.17, 15) is 4.79 Å². The number of aliphatic imine (C=N–C) groups is 1. The van der Waals surface area contributed by atoms with Gasteiger partial charge in [-0.3, -0.25) is 10.2 Å². The van der Waals surface area contributed by atoms with Gasteiger partial charge in [-0.05, 0) is 54.4 Å². The normalized spacial score (nSPS) is 16.7. The average molecular weight is 484 g/mol. The molecule has 0 saturated heterocycles. The van der Waals surface area contributed by atoms with E-state index in [2.05, 4.69) is 22.4 Å². The van der Waals surface area contributed by atoms with Gasteiger partial charge in [0.25, 0.3) is 5.91 Å². The van der Waals surface area contributed by atoms with Crippen molar-refractivity contribution in [3.63, 3.8) is 0 Å². The number of benzene rings is 2. The first-order valence-corrected chi connectivity index (χ1v) is 11.5. The lowest BCUT2D eigenvalue weighted by Gasteiger charge is -2.21. The molecule has 0 fully saturated rings. The SMILES string of the molecule is C=CC[C@@]1(C(=O)NNCCc2cc(OC)ccc2OC)COC(c2ccc(OCCCO)cc2)=N1. The highest BCUT2D eigenvalue weighted by atomic mass is 16.5. The van der Waals surface area contributed by atoms with Gasteiger partial charge < -0.3 is 24.1 Å². The van der Waals surface area contributed by atoms with E-state index in [1.165, 1.54) is 0 Å². The molecule has 0 saturated carbocycles. The lowest BCUT2D eigenvalue weighted by atomic mass is 9.97. The number of aliphatic hydroxyl groups is 1. The van der Waals surface area contributed by atoms with E-state index in [4.69, 9.17) is 24.1 Å². The summed E-state index contributed by atoms with van der Waals surface area (Å²) in [5, 5.41) is 8.86. The van der Waals surface area contributed by atoms with Crippen LogP contribution in [-0.2, 0) is 16.0 Å². The number of hydrogen-bond donors (Lipinski definition) is 3. The summed E-state index contributed by atoms with van der Waals surface area (Å²) in [6.45, 7) is 4.90. The minimum absolute atomic E-state index is 0.0836. The number of methoxy groups -OCH3 is 2.